The Balaban J connectivity index is 1.94. The Labute approximate surface area is 180 Å². The minimum atomic E-state index is -0.728. The van der Waals surface area contributed by atoms with E-state index < -0.39 is 11.2 Å². The second-order valence-electron chi connectivity index (χ2n) is 7.34. The summed E-state index contributed by atoms with van der Waals surface area (Å²) in [4.78, 5) is 40.5. The largest absolute Gasteiger partial charge is 0.497 e. The van der Waals surface area contributed by atoms with E-state index in [4.69, 9.17) is 9.72 Å². The third-order valence-corrected chi connectivity index (χ3v) is 5.50. The van der Waals surface area contributed by atoms with Crippen LogP contribution in [0.4, 0.5) is 0 Å². The van der Waals surface area contributed by atoms with Crippen LogP contribution in [0.1, 0.15) is 0 Å². The van der Waals surface area contributed by atoms with Gasteiger partial charge in [-0.3, -0.25) is 14.3 Å². The molecule has 1 aromatic heterocycles. The molecule has 0 saturated carbocycles. The Hall–Kier alpha value is -4.59. The van der Waals surface area contributed by atoms with Crippen molar-refractivity contribution in [1.29, 1.82) is 0 Å². The fourth-order valence-corrected chi connectivity index (χ4v) is 4.12. The molecular weight excluding hydrogens is 406 g/mol. The molecule has 0 bridgehead atoms. The molecule has 2 aliphatic rings. The maximum Gasteiger partial charge on any atom is 0.349 e. The molecule has 0 aliphatic carbocycles. The summed E-state index contributed by atoms with van der Waals surface area (Å²) >= 11 is 0. The van der Waals surface area contributed by atoms with Gasteiger partial charge in [-0.25, -0.2) is 14.8 Å². The first kappa shape index (κ1) is 18.2. The van der Waals surface area contributed by atoms with E-state index in [2.05, 4.69) is 15.0 Å². The summed E-state index contributed by atoms with van der Waals surface area (Å²) in [6, 6.07) is 20.8. The number of rotatable bonds is 2. The third-order valence-electron chi connectivity index (χ3n) is 5.50. The minimum absolute atomic E-state index is 0.0836. The Morgan fingerprint density at radius 1 is 0.812 bits per heavy atom. The van der Waals surface area contributed by atoms with Crippen molar-refractivity contribution in [3.8, 4) is 23.0 Å². The molecule has 0 atom stereocenters. The number of pyridine rings is 1. The molecule has 6 rings (SSSR count). The van der Waals surface area contributed by atoms with E-state index >= 15 is 0 Å². The smallest absolute Gasteiger partial charge is 0.349 e. The molecule has 0 amide bonds. The van der Waals surface area contributed by atoms with Crippen molar-refractivity contribution in [3.63, 3.8) is 0 Å². The molecule has 3 aromatic carbocycles. The van der Waals surface area contributed by atoms with Crippen LogP contribution in [-0.2, 0) is 0 Å². The molecule has 0 unspecified atom stereocenters. The molecule has 2 aliphatic heterocycles. The number of hydrogen-bond donors (Lipinski definition) is 1. The lowest BCUT2D eigenvalue weighted by Gasteiger charge is -2.20. The lowest BCUT2D eigenvalue weighted by Crippen LogP contribution is -2.28. The molecule has 1 N–H and O–H groups in total. The molecule has 4 aromatic rings. The van der Waals surface area contributed by atoms with Gasteiger partial charge in [0.25, 0.3) is 5.56 Å². The monoisotopic (exact) mass is 421 g/mol. The number of nitrogens with zero attached hydrogens (tertiary/aromatic N) is 4. The van der Waals surface area contributed by atoms with E-state index in [1.165, 1.54) is 0 Å². The second kappa shape index (κ2) is 6.71. The van der Waals surface area contributed by atoms with Gasteiger partial charge >= 0.3 is 5.69 Å². The average molecular weight is 421 g/mol. The number of fused-ring (bicyclic) bond motifs is 4. The van der Waals surface area contributed by atoms with Crippen LogP contribution in [0.3, 0.4) is 0 Å². The van der Waals surface area contributed by atoms with Crippen molar-refractivity contribution in [3.05, 3.63) is 87.6 Å². The normalized spacial score (nSPS) is 11.5. The number of hydrogen-bond acceptors (Lipinski definition) is 6. The molecule has 154 valence electrons. The van der Waals surface area contributed by atoms with Gasteiger partial charge < -0.3 is 4.74 Å². The zero-order valence-electron chi connectivity index (χ0n) is 16.9. The van der Waals surface area contributed by atoms with Crippen LogP contribution < -0.4 is 16.0 Å². The highest BCUT2D eigenvalue weighted by Gasteiger charge is 2.22. The number of benzene rings is 3. The quantitative estimate of drug-likeness (QED) is 0.431. The maximum atomic E-state index is 12.7. The number of ether oxygens (including phenoxy) is 1. The van der Waals surface area contributed by atoms with Gasteiger partial charge in [-0.1, -0.05) is 30.3 Å². The fraction of sp³-hybridized carbons (Fsp3) is 0.0417. The van der Waals surface area contributed by atoms with Crippen LogP contribution in [0.5, 0.6) is 5.75 Å². The summed E-state index contributed by atoms with van der Waals surface area (Å²) < 4.78 is 7.29. The number of aromatic amines is 1. The Bertz CT molecular complexity index is 1770. The van der Waals surface area contributed by atoms with Gasteiger partial charge in [-0.2, -0.15) is 4.98 Å². The Kier molecular flexibility index (Phi) is 3.82. The van der Waals surface area contributed by atoms with Crippen LogP contribution >= 0.6 is 0 Å². The number of methoxy groups -OCH3 is 1. The number of nitrogens with one attached hydrogen (secondary N) is 1. The van der Waals surface area contributed by atoms with Gasteiger partial charge in [0, 0.05) is 10.8 Å². The van der Waals surface area contributed by atoms with Crippen molar-refractivity contribution in [2.24, 2.45) is 0 Å². The highest BCUT2D eigenvalue weighted by molar-refractivity contribution is 6.05. The van der Waals surface area contributed by atoms with E-state index in [0.29, 0.717) is 16.8 Å². The third kappa shape index (κ3) is 2.59. The van der Waals surface area contributed by atoms with Crippen LogP contribution in [0.15, 0.2) is 76.3 Å². The lowest BCUT2D eigenvalue weighted by molar-refractivity contribution is 0.415. The predicted octanol–water partition coefficient (Wildman–Crippen LogP) is 3.28. The number of H-pyrrole nitrogens is 1. The number of aromatic nitrogens is 5. The van der Waals surface area contributed by atoms with E-state index in [0.717, 1.165) is 27.5 Å². The van der Waals surface area contributed by atoms with E-state index in [1.807, 2.05) is 71.3 Å². The Morgan fingerprint density at radius 2 is 1.56 bits per heavy atom. The van der Waals surface area contributed by atoms with Crippen molar-refractivity contribution in [2.45, 2.75) is 0 Å². The molecule has 0 spiro atoms. The summed E-state index contributed by atoms with van der Waals surface area (Å²) in [5, 5.41) is 1.63. The van der Waals surface area contributed by atoms with Crippen LogP contribution in [0.25, 0.3) is 50.0 Å². The first-order valence-electron chi connectivity index (χ1n) is 9.93. The first-order chi connectivity index (χ1) is 15.6. The molecule has 8 nitrogen and oxygen atoms in total. The van der Waals surface area contributed by atoms with E-state index in [1.54, 1.807) is 7.11 Å². The van der Waals surface area contributed by atoms with Gasteiger partial charge in [0.15, 0.2) is 11.5 Å². The number of para-hydroxylation sites is 3. The second-order valence-corrected chi connectivity index (χ2v) is 7.34. The molecule has 0 radical (unpaired) electrons. The van der Waals surface area contributed by atoms with Crippen molar-refractivity contribution >= 4 is 32.8 Å². The van der Waals surface area contributed by atoms with Crippen molar-refractivity contribution in [2.75, 3.05) is 7.11 Å². The zero-order valence-corrected chi connectivity index (χ0v) is 16.9. The van der Waals surface area contributed by atoms with Gasteiger partial charge in [-0.05, 0) is 36.4 Å². The predicted molar refractivity (Wildman–Crippen MR) is 122 cm³/mol. The van der Waals surface area contributed by atoms with E-state index in [-0.39, 0.29) is 11.5 Å². The molecule has 8 heteroatoms. The summed E-state index contributed by atoms with van der Waals surface area (Å²) in [6.07, 6.45) is 0. The Morgan fingerprint density at radius 3 is 2.41 bits per heavy atom. The lowest BCUT2D eigenvalue weighted by atomic mass is 10.1. The van der Waals surface area contributed by atoms with Crippen LogP contribution in [0.2, 0.25) is 0 Å². The fourth-order valence-electron chi connectivity index (χ4n) is 4.12. The minimum Gasteiger partial charge on any atom is -0.497 e. The average Bonchev–Trinajstić information content (AvgIpc) is 2.81. The summed E-state index contributed by atoms with van der Waals surface area (Å²) in [6.45, 7) is 0. The van der Waals surface area contributed by atoms with Crippen LogP contribution in [-0.4, -0.2) is 31.6 Å². The van der Waals surface area contributed by atoms with Gasteiger partial charge in [0.1, 0.15) is 5.75 Å². The SMILES string of the molecule is COc1ccc2nc3ccccc3c(-n3c4nc(=O)[nH]c(=O)c-4nc4ccccc43)c2c1. The maximum absolute atomic E-state index is 12.7. The summed E-state index contributed by atoms with van der Waals surface area (Å²) in [7, 11) is 1.60. The topological polar surface area (TPSA) is 103 Å². The van der Waals surface area contributed by atoms with Gasteiger partial charge in [0.05, 0.1) is 34.9 Å². The van der Waals surface area contributed by atoms with Crippen LogP contribution in [0, 0.1) is 0 Å². The van der Waals surface area contributed by atoms with Gasteiger partial charge in [0.2, 0.25) is 0 Å². The van der Waals surface area contributed by atoms with Gasteiger partial charge in [-0.15, -0.1) is 0 Å². The first-order valence-corrected chi connectivity index (χ1v) is 9.93. The summed E-state index contributed by atoms with van der Waals surface area (Å²) in [5.41, 5.74) is 2.34. The standard InChI is InChI=1S/C24H15N5O3/c1-32-13-10-11-17-15(12-13)21(14-6-2-3-7-16(14)25-17)29-19-9-5-4-8-18(19)26-20-22(29)27-24(31)28-23(20)30/h2-12H,1H3,(H,28,30,31). The summed E-state index contributed by atoms with van der Waals surface area (Å²) in [5.74, 6) is 0.840. The molecular formula is C24H15N5O3. The highest BCUT2D eigenvalue weighted by Crippen LogP contribution is 2.35. The molecule has 3 heterocycles. The zero-order chi connectivity index (χ0) is 21.8. The molecule has 0 saturated heterocycles. The molecule has 0 fully saturated rings. The highest BCUT2D eigenvalue weighted by atomic mass is 16.5. The molecule has 32 heavy (non-hydrogen) atoms. The van der Waals surface area contributed by atoms with Crippen molar-refractivity contribution < 1.29 is 4.74 Å². The van der Waals surface area contributed by atoms with Crippen molar-refractivity contribution in [1.82, 2.24) is 24.5 Å². The van der Waals surface area contributed by atoms with E-state index in [9.17, 15) is 9.59 Å².